The predicted octanol–water partition coefficient (Wildman–Crippen LogP) is 2.93. The summed E-state index contributed by atoms with van der Waals surface area (Å²) in [7, 11) is 0. The minimum absolute atomic E-state index is 0.0441. The molecule has 198 valence electrons. The van der Waals surface area contributed by atoms with Gasteiger partial charge in [-0.2, -0.15) is 10.2 Å². The molecule has 2 heterocycles. The summed E-state index contributed by atoms with van der Waals surface area (Å²) in [6, 6.07) is 3.96. The first-order chi connectivity index (χ1) is 17.7. The van der Waals surface area contributed by atoms with Gasteiger partial charge in [0.15, 0.2) is 29.0 Å². The third-order valence-corrected chi connectivity index (χ3v) is 6.39. The van der Waals surface area contributed by atoms with Crippen LogP contribution in [-0.4, -0.2) is 48.4 Å². The fourth-order valence-electron chi connectivity index (χ4n) is 4.43. The minimum atomic E-state index is -0.996. The summed E-state index contributed by atoms with van der Waals surface area (Å²) >= 11 is 0. The highest BCUT2D eigenvalue weighted by Crippen LogP contribution is 2.32. The Bertz CT molecular complexity index is 1300. The van der Waals surface area contributed by atoms with Crippen molar-refractivity contribution < 1.29 is 28.5 Å². The van der Waals surface area contributed by atoms with E-state index in [1.807, 2.05) is 0 Å². The number of rotatable bonds is 10. The summed E-state index contributed by atoms with van der Waals surface area (Å²) in [6.45, 7) is 1.08. The van der Waals surface area contributed by atoms with Gasteiger partial charge in [0.25, 0.3) is 11.5 Å². The monoisotopic (exact) mass is 517 g/mol. The number of aliphatic hydroxyl groups is 2. The van der Waals surface area contributed by atoms with E-state index in [1.54, 1.807) is 6.20 Å². The quantitative estimate of drug-likeness (QED) is 0.377. The van der Waals surface area contributed by atoms with Gasteiger partial charge in [0, 0.05) is 18.3 Å². The maximum atomic E-state index is 14.3. The number of benzene rings is 1. The Balaban J connectivity index is 1.56. The van der Waals surface area contributed by atoms with Gasteiger partial charge in [-0.25, -0.2) is 13.5 Å². The van der Waals surface area contributed by atoms with Crippen LogP contribution in [0.15, 0.2) is 41.5 Å². The highest BCUT2D eigenvalue weighted by Gasteiger charge is 2.29. The van der Waals surface area contributed by atoms with E-state index in [9.17, 15) is 23.5 Å². The van der Waals surface area contributed by atoms with Gasteiger partial charge < -0.3 is 20.3 Å². The Labute approximate surface area is 211 Å². The van der Waals surface area contributed by atoms with Crippen LogP contribution in [0.4, 0.5) is 14.6 Å². The Morgan fingerprint density at radius 1 is 1.27 bits per heavy atom. The van der Waals surface area contributed by atoms with E-state index < -0.39 is 47.6 Å². The fourth-order valence-corrected chi connectivity index (χ4v) is 4.43. The zero-order valence-corrected chi connectivity index (χ0v) is 20.3. The molecule has 0 spiro atoms. The predicted molar refractivity (Wildman–Crippen MR) is 129 cm³/mol. The molecule has 1 unspecified atom stereocenters. The van der Waals surface area contributed by atoms with Crippen LogP contribution in [0.1, 0.15) is 43.7 Å². The van der Waals surface area contributed by atoms with E-state index in [4.69, 9.17) is 9.84 Å². The minimum Gasteiger partial charge on any atom is -0.449 e. The highest BCUT2D eigenvalue weighted by atomic mass is 19.1. The lowest BCUT2D eigenvalue weighted by Gasteiger charge is -2.21. The molecule has 1 saturated carbocycles. The number of amides is 1. The molecule has 1 aromatic carbocycles. The SMILES string of the molecule is Cc1ccc(F)c(Oc2cnn(C(CC3CCCC3)C(=O)Nc3ccn(C[C@@H](O)CO)n3)c(=O)c2)c1F. The molecule has 1 aliphatic carbocycles. The van der Waals surface area contributed by atoms with Crippen molar-refractivity contribution in [1.29, 1.82) is 0 Å². The Morgan fingerprint density at radius 3 is 2.73 bits per heavy atom. The van der Waals surface area contributed by atoms with E-state index in [-0.39, 0.29) is 29.6 Å². The number of aryl methyl sites for hydroxylation is 1. The summed E-state index contributed by atoms with van der Waals surface area (Å²) in [4.78, 5) is 26.2. The first-order valence-electron chi connectivity index (χ1n) is 12.1. The second-order valence-electron chi connectivity index (χ2n) is 9.23. The van der Waals surface area contributed by atoms with Gasteiger partial charge in [-0.1, -0.05) is 31.7 Å². The summed E-state index contributed by atoms with van der Waals surface area (Å²) in [5, 5.41) is 29.6. The zero-order valence-electron chi connectivity index (χ0n) is 20.3. The number of nitrogens with zero attached hydrogens (tertiary/aromatic N) is 4. The van der Waals surface area contributed by atoms with Crippen molar-refractivity contribution in [2.45, 2.75) is 57.7 Å². The maximum Gasteiger partial charge on any atom is 0.271 e. The third kappa shape index (κ3) is 6.38. The number of aromatic nitrogens is 4. The number of aliphatic hydroxyl groups excluding tert-OH is 2. The van der Waals surface area contributed by atoms with Gasteiger partial charge in [-0.05, 0) is 30.9 Å². The molecule has 0 aliphatic heterocycles. The number of nitrogens with one attached hydrogen (secondary N) is 1. The first-order valence-corrected chi connectivity index (χ1v) is 12.1. The number of carbonyl (C=O) groups is 1. The van der Waals surface area contributed by atoms with E-state index in [1.165, 1.54) is 23.7 Å². The molecule has 1 fully saturated rings. The number of hydrogen-bond acceptors (Lipinski definition) is 7. The molecule has 0 radical (unpaired) electrons. The summed E-state index contributed by atoms with van der Waals surface area (Å²) in [6.07, 6.45) is 6.01. The van der Waals surface area contributed by atoms with Gasteiger partial charge in [0.05, 0.1) is 25.5 Å². The van der Waals surface area contributed by atoms with Crippen LogP contribution in [0.3, 0.4) is 0 Å². The summed E-state index contributed by atoms with van der Waals surface area (Å²) in [5.74, 6) is -2.66. The van der Waals surface area contributed by atoms with Crippen LogP contribution in [0.5, 0.6) is 11.5 Å². The maximum absolute atomic E-state index is 14.3. The standard InChI is InChI=1S/C25H29F2N5O5/c1-15-6-7-19(26)24(23(15)27)37-18-11-22(35)32(28-12-18)20(10-16-4-2-3-5-16)25(36)29-21-8-9-31(30-21)13-17(34)14-33/h6-9,11-12,16-17,20,33-34H,2-5,10,13-14H2,1H3,(H,29,30,36)/t17-,20?/m1/s1. The molecule has 0 saturated heterocycles. The first kappa shape index (κ1) is 26.4. The van der Waals surface area contributed by atoms with Crippen LogP contribution in [-0.2, 0) is 11.3 Å². The van der Waals surface area contributed by atoms with Crippen LogP contribution in [0, 0.1) is 24.5 Å². The normalized spacial score (nSPS) is 15.5. The third-order valence-electron chi connectivity index (χ3n) is 6.39. The molecule has 2 atom stereocenters. The topological polar surface area (TPSA) is 132 Å². The Kier molecular flexibility index (Phi) is 8.29. The van der Waals surface area contributed by atoms with Crippen molar-refractivity contribution in [3.63, 3.8) is 0 Å². The lowest BCUT2D eigenvalue weighted by molar-refractivity contribution is -0.120. The second-order valence-corrected chi connectivity index (χ2v) is 9.23. The highest BCUT2D eigenvalue weighted by molar-refractivity contribution is 5.92. The largest absolute Gasteiger partial charge is 0.449 e. The van der Waals surface area contributed by atoms with Crippen LogP contribution < -0.4 is 15.6 Å². The number of hydrogen-bond donors (Lipinski definition) is 3. The van der Waals surface area contributed by atoms with Crippen molar-refractivity contribution in [3.8, 4) is 11.5 Å². The van der Waals surface area contributed by atoms with Crippen LogP contribution in [0.2, 0.25) is 0 Å². The zero-order chi connectivity index (χ0) is 26.5. The number of carbonyl (C=O) groups excluding carboxylic acids is 1. The molecular formula is C25H29F2N5O5. The molecule has 10 nitrogen and oxygen atoms in total. The summed E-state index contributed by atoms with van der Waals surface area (Å²) in [5.41, 5.74) is -0.486. The van der Waals surface area contributed by atoms with Crippen LogP contribution in [0.25, 0.3) is 0 Å². The lowest BCUT2D eigenvalue weighted by atomic mass is 9.98. The van der Waals surface area contributed by atoms with Crippen molar-refractivity contribution >= 4 is 11.7 Å². The van der Waals surface area contributed by atoms with Crippen molar-refractivity contribution in [3.05, 3.63) is 64.2 Å². The van der Waals surface area contributed by atoms with Gasteiger partial charge in [-0.15, -0.1) is 0 Å². The van der Waals surface area contributed by atoms with Gasteiger partial charge >= 0.3 is 0 Å². The van der Waals surface area contributed by atoms with Gasteiger partial charge in [-0.3, -0.25) is 14.3 Å². The fraction of sp³-hybridized carbons (Fsp3) is 0.440. The average Bonchev–Trinajstić information content (AvgIpc) is 3.55. The molecular weight excluding hydrogens is 488 g/mol. The molecule has 4 rings (SSSR count). The lowest BCUT2D eigenvalue weighted by Crippen LogP contribution is -2.36. The van der Waals surface area contributed by atoms with E-state index in [0.29, 0.717) is 6.42 Å². The molecule has 37 heavy (non-hydrogen) atoms. The smallest absolute Gasteiger partial charge is 0.271 e. The molecule has 1 aliphatic rings. The van der Waals surface area contributed by atoms with Gasteiger partial charge in [0.2, 0.25) is 0 Å². The molecule has 3 N–H and O–H groups in total. The molecule has 12 heteroatoms. The number of anilines is 1. The molecule has 2 aromatic heterocycles. The number of ether oxygens (including phenoxy) is 1. The molecule has 0 bridgehead atoms. The van der Waals surface area contributed by atoms with Crippen molar-refractivity contribution in [2.75, 3.05) is 11.9 Å². The average molecular weight is 518 g/mol. The second kappa shape index (κ2) is 11.6. The molecule has 1 amide bonds. The van der Waals surface area contributed by atoms with E-state index in [2.05, 4.69) is 15.5 Å². The Hall–Kier alpha value is -3.64. The molecule has 3 aromatic rings. The number of halogens is 2. The van der Waals surface area contributed by atoms with E-state index >= 15 is 0 Å². The van der Waals surface area contributed by atoms with Crippen molar-refractivity contribution in [1.82, 2.24) is 19.6 Å². The van der Waals surface area contributed by atoms with Gasteiger partial charge in [0.1, 0.15) is 6.04 Å². The van der Waals surface area contributed by atoms with Crippen molar-refractivity contribution in [2.24, 2.45) is 5.92 Å². The van der Waals surface area contributed by atoms with Crippen LogP contribution >= 0.6 is 0 Å². The van der Waals surface area contributed by atoms with E-state index in [0.717, 1.165) is 48.7 Å². The Morgan fingerprint density at radius 2 is 2.03 bits per heavy atom. The summed E-state index contributed by atoms with van der Waals surface area (Å²) < 4.78 is 36.1.